The molecule has 0 aliphatic rings. The number of hydrogen-bond acceptors (Lipinski definition) is 4. The van der Waals surface area contributed by atoms with E-state index in [2.05, 4.69) is 15.3 Å². The third-order valence-electron chi connectivity index (χ3n) is 1.97. The van der Waals surface area contributed by atoms with Gasteiger partial charge in [0.2, 0.25) is 5.95 Å². The zero-order chi connectivity index (χ0) is 14.8. The molecule has 0 aliphatic heterocycles. The van der Waals surface area contributed by atoms with Gasteiger partial charge in [0.15, 0.2) is 5.69 Å². The SMILES string of the molecule is CC(CC(F)(F)F)Nc1cc(C(F)(F)F)nc(N)n1. The monoisotopic (exact) mass is 288 g/mol. The number of rotatable bonds is 3. The van der Waals surface area contributed by atoms with E-state index in [1.807, 2.05) is 0 Å². The predicted molar refractivity (Wildman–Crippen MR) is 55.2 cm³/mol. The van der Waals surface area contributed by atoms with Gasteiger partial charge in [-0.15, -0.1) is 0 Å². The van der Waals surface area contributed by atoms with Crippen molar-refractivity contribution >= 4 is 11.8 Å². The summed E-state index contributed by atoms with van der Waals surface area (Å²) in [5, 5.41) is 2.20. The van der Waals surface area contributed by atoms with Gasteiger partial charge in [-0.2, -0.15) is 31.3 Å². The maximum Gasteiger partial charge on any atom is 0.433 e. The van der Waals surface area contributed by atoms with Crippen molar-refractivity contribution < 1.29 is 26.3 Å². The van der Waals surface area contributed by atoms with Crippen LogP contribution in [0.1, 0.15) is 19.0 Å². The van der Waals surface area contributed by atoms with E-state index in [0.29, 0.717) is 6.07 Å². The number of anilines is 2. The maximum atomic E-state index is 12.4. The summed E-state index contributed by atoms with van der Waals surface area (Å²) in [6.45, 7) is 1.17. The van der Waals surface area contributed by atoms with Gasteiger partial charge >= 0.3 is 12.4 Å². The first-order valence-electron chi connectivity index (χ1n) is 5.02. The van der Waals surface area contributed by atoms with Crippen molar-refractivity contribution in [1.82, 2.24) is 9.97 Å². The minimum absolute atomic E-state index is 0.406. The van der Waals surface area contributed by atoms with Crippen LogP contribution in [0.4, 0.5) is 38.1 Å². The van der Waals surface area contributed by atoms with Crippen molar-refractivity contribution in [3.05, 3.63) is 11.8 Å². The number of nitrogens with zero attached hydrogens (tertiary/aromatic N) is 2. The van der Waals surface area contributed by atoms with Crippen molar-refractivity contribution in [2.45, 2.75) is 31.7 Å². The highest BCUT2D eigenvalue weighted by Crippen LogP contribution is 2.30. The van der Waals surface area contributed by atoms with Crippen LogP contribution >= 0.6 is 0 Å². The third kappa shape index (κ3) is 5.18. The van der Waals surface area contributed by atoms with Gasteiger partial charge in [-0.05, 0) is 6.92 Å². The normalized spacial score (nSPS) is 14.3. The molecule has 0 fully saturated rings. The highest BCUT2D eigenvalue weighted by atomic mass is 19.4. The molecule has 1 aromatic rings. The van der Waals surface area contributed by atoms with E-state index in [-0.39, 0.29) is 0 Å². The molecule has 0 aromatic carbocycles. The fraction of sp³-hybridized carbons (Fsp3) is 0.556. The van der Waals surface area contributed by atoms with Gasteiger partial charge in [0.1, 0.15) is 5.82 Å². The van der Waals surface area contributed by atoms with E-state index in [9.17, 15) is 26.3 Å². The molecule has 0 radical (unpaired) electrons. The molecule has 0 aliphatic carbocycles. The van der Waals surface area contributed by atoms with Crippen LogP contribution in [0.25, 0.3) is 0 Å². The summed E-state index contributed by atoms with van der Waals surface area (Å²) in [6, 6.07) is -0.640. The van der Waals surface area contributed by atoms with Crippen molar-refractivity contribution in [2.75, 3.05) is 11.1 Å². The molecule has 0 amide bonds. The van der Waals surface area contributed by atoms with Gasteiger partial charge in [-0.3, -0.25) is 0 Å². The second-order valence-corrected chi connectivity index (χ2v) is 3.86. The Morgan fingerprint density at radius 1 is 1.21 bits per heavy atom. The quantitative estimate of drug-likeness (QED) is 0.839. The van der Waals surface area contributed by atoms with Crippen LogP contribution < -0.4 is 11.1 Å². The fourth-order valence-electron chi connectivity index (χ4n) is 1.34. The molecule has 0 spiro atoms. The molecule has 1 heterocycles. The number of alkyl halides is 6. The van der Waals surface area contributed by atoms with Crippen LogP contribution in [-0.4, -0.2) is 22.2 Å². The fourth-order valence-corrected chi connectivity index (χ4v) is 1.34. The first kappa shape index (κ1) is 15.3. The average Bonchev–Trinajstić information content (AvgIpc) is 2.11. The first-order valence-corrected chi connectivity index (χ1v) is 5.02. The molecule has 1 unspecified atom stereocenters. The van der Waals surface area contributed by atoms with Gasteiger partial charge in [0.25, 0.3) is 0 Å². The minimum Gasteiger partial charge on any atom is -0.368 e. The minimum atomic E-state index is -4.75. The smallest absolute Gasteiger partial charge is 0.368 e. The second kappa shape index (κ2) is 5.10. The summed E-state index contributed by atoms with van der Waals surface area (Å²) in [7, 11) is 0. The van der Waals surface area contributed by atoms with E-state index < -0.39 is 42.3 Å². The lowest BCUT2D eigenvalue weighted by Gasteiger charge is -2.17. The zero-order valence-electron chi connectivity index (χ0n) is 9.60. The Balaban J connectivity index is 2.87. The topological polar surface area (TPSA) is 63.8 Å². The summed E-state index contributed by atoms with van der Waals surface area (Å²) in [6.07, 6.45) is -10.4. The number of halogens is 6. The van der Waals surface area contributed by atoms with Crippen LogP contribution in [0.3, 0.4) is 0 Å². The summed E-state index contributed by atoms with van der Waals surface area (Å²) >= 11 is 0. The Morgan fingerprint density at radius 3 is 2.26 bits per heavy atom. The van der Waals surface area contributed by atoms with Crippen molar-refractivity contribution in [2.24, 2.45) is 0 Å². The average molecular weight is 288 g/mol. The Morgan fingerprint density at radius 2 is 1.79 bits per heavy atom. The summed E-state index contributed by atoms with van der Waals surface area (Å²) < 4.78 is 73.4. The van der Waals surface area contributed by atoms with Gasteiger partial charge in [-0.25, -0.2) is 4.98 Å². The first-order chi connectivity index (χ1) is 8.47. The zero-order valence-corrected chi connectivity index (χ0v) is 9.60. The van der Waals surface area contributed by atoms with E-state index in [0.717, 1.165) is 0 Å². The van der Waals surface area contributed by atoms with Gasteiger partial charge in [0, 0.05) is 12.1 Å². The molecule has 10 heteroatoms. The highest BCUT2D eigenvalue weighted by molar-refractivity contribution is 5.42. The lowest BCUT2D eigenvalue weighted by molar-refractivity contribution is -0.141. The molecular formula is C9H10F6N4. The molecule has 3 N–H and O–H groups in total. The van der Waals surface area contributed by atoms with Crippen molar-refractivity contribution in [3.63, 3.8) is 0 Å². The van der Waals surface area contributed by atoms with E-state index in [1.165, 1.54) is 6.92 Å². The Labute approximate surface area is 104 Å². The molecule has 19 heavy (non-hydrogen) atoms. The van der Waals surface area contributed by atoms with Crippen molar-refractivity contribution in [1.29, 1.82) is 0 Å². The van der Waals surface area contributed by atoms with Crippen LogP contribution in [0.15, 0.2) is 6.07 Å². The number of hydrogen-bond donors (Lipinski definition) is 2. The van der Waals surface area contributed by atoms with Crippen LogP contribution in [0.2, 0.25) is 0 Å². The van der Waals surface area contributed by atoms with Gasteiger partial charge < -0.3 is 11.1 Å². The number of aromatic nitrogens is 2. The number of nitrogens with two attached hydrogens (primary N) is 1. The molecule has 0 saturated heterocycles. The molecule has 1 aromatic heterocycles. The van der Waals surface area contributed by atoms with Crippen molar-refractivity contribution in [3.8, 4) is 0 Å². The van der Waals surface area contributed by atoms with Crippen LogP contribution in [-0.2, 0) is 6.18 Å². The van der Waals surface area contributed by atoms with E-state index in [1.54, 1.807) is 0 Å². The Hall–Kier alpha value is -1.74. The highest BCUT2D eigenvalue weighted by Gasteiger charge is 2.34. The Bertz CT molecular complexity index is 441. The molecular weight excluding hydrogens is 278 g/mol. The van der Waals surface area contributed by atoms with E-state index >= 15 is 0 Å². The third-order valence-corrected chi connectivity index (χ3v) is 1.97. The molecule has 0 saturated carbocycles. The summed E-state index contributed by atoms with van der Waals surface area (Å²) in [5.74, 6) is -1.08. The summed E-state index contributed by atoms with van der Waals surface area (Å²) in [5.41, 5.74) is 3.76. The van der Waals surface area contributed by atoms with Crippen LogP contribution in [0, 0.1) is 0 Å². The van der Waals surface area contributed by atoms with Crippen LogP contribution in [0.5, 0.6) is 0 Å². The maximum absolute atomic E-state index is 12.4. The van der Waals surface area contributed by atoms with E-state index in [4.69, 9.17) is 5.73 Å². The second-order valence-electron chi connectivity index (χ2n) is 3.86. The number of nitrogen functional groups attached to an aromatic ring is 1. The lowest BCUT2D eigenvalue weighted by atomic mass is 10.2. The largest absolute Gasteiger partial charge is 0.433 e. The Kier molecular flexibility index (Phi) is 4.11. The van der Waals surface area contributed by atoms with Gasteiger partial charge in [-0.1, -0.05) is 0 Å². The lowest BCUT2D eigenvalue weighted by Crippen LogP contribution is -2.25. The van der Waals surface area contributed by atoms with Gasteiger partial charge in [0.05, 0.1) is 6.42 Å². The molecule has 108 valence electrons. The molecule has 1 rings (SSSR count). The molecule has 0 bridgehead atoms. The molecule has 1 atom stereocenters. The standard InChI is InChI=1S/C9H10F6N4/c1-4(3-8(10,11)12)17-6-2-5(9(13,14)15)18-7(16)19-6/h2,4H,3H2,1H3,(H3,16,17,18,19). The molecule has 4 nitrogen and oxygen atoms in total. The predicted octanol–water partition coefficient (Wildman–Crippen LogP) is 2.83. The summed E-state index contributed by atoms with van der Waals surface area (Å²) in [4.78, 5) is 6.37. The number of nitrogens with one attached hydrogen (secondary N) is 1.